The van der Waals surface area contributed by atoms with Gasteiger partial charge in [-0.25, -0.2) is 0 Å². The lowest BCUT2D eigenvalue weighted by molar-refractivity contribution is -0.116. The van der Waals surface area contributed by atoms with Crippen LogP contribution < -0.4 is 20.3 Å². The zero-order valence-corrected chi connectivity index (χ0v) is 14.9. The summed E-state index contributed by atoms with van der Waals surface area (Å²) in [7, 11) is 0. The molecular formula is C19H18N2O4S. The largest absolute Gasteiger partial charge is 0.486 e. The number of hydrogen-bond donors (Lipinski definition) is 1. The van der Waals surface area contributed by atoms with Crippen molar-refractivity contribution in [1.29, 1.82) is 0 Å². The Morgan fingerprint density at radius 1 is 1.12 bits per heavy atom. The Bertz CT molecular complexity index is 1010. The minimum absolute atomic E-state index is 0.0119. The van der Waals surface area contributed by atoms with E-state index in [-0.39, 0.29) is 11.5 Å². The molecule has 7 heteroatoms. The lowest BCUT2D eigenvalue weighted by atomic mass is 10.2. The number of hydrogen-bond acceptors (Lipinski definition) is 5. The lowest BCUT2D eigenvalue weighted by Gasteiger charge is -2.19. The second kappa shape index (κ2) is 7.21. The van der Waals surface area contributed by atoms with Crippen molar-refractivity contribution >= 4 is 33.2 Å². The Balaban J connectivity index is 1.34. The predicted octanol–water partition coefficient (Wildman–Crippen LogP) is 3.25. The van der Waals surface area contributed by atoms with Crippen LogP contribution in [-0.4, -0.2) is 23.1 Å². The number of nitrogens with one attached hydrogen (secondary N) is 1. The van der Waals surface area contributed by atoms with E-state index in [1.54, 1.807) is 22.2 Å². The van der Waals surface area contributed by atoms with Crippen LogP contribution >= 0.6 is 11.5 Å². The van der Waals surface area contributed by atoms with Crippen molar-refractivity contribution in [2.24, 2.45) is 0 Å². The lowest BCUT2D eigenvalue weighted by Crippen LogP contribution is -2.17. The van der Waals surface area contributed by atoms with Crippen LogP contribution in [-0.2, 0) is 11.3 Å². The molecule has 0 aliphatic carbocycles. The van der Waals surface area contributed by atoms with Gasteiger partial charge in [0.25, 0.3) is 5.56 Å². The Morgan fingerprint density at radius 3 is 2.77 bits per heavy atom. The van der Waals surface area contributed by atoms with Crippen LogP contribution in [0.3, 0.4) is 0 Å². The number of aryl methyl sites for hydroxylation is 1. The molecule has 0 spiro atoms. The summed E-state index contributed by atoms with van der Waals surface area (Å²) in [5.41, 5.74) is 0.691. The predicted molar refractivity (Wildman–Crippen MR) is 101 cm³/mol. The van der Waals surface area contributed by atoms with Gasteiger partial charge < -0.3 is 14.8 Å². The number of aromatic nitrogens is 1. The van der Waals surface area contributed by atoms with Gasteiger partial charge in [-0.3, -0.25) is 13.5 Å². The molecule has 134 valence electrons. The number of nitrogens with zero attached hydrogens (tertiary/aromatic N) is 1. The van der Waals surface area contributed by atoms with Gasteiger partial charge in [-0.2, -0.15) is 0 Å². The third-order valence-corrected chi connectivity index (χ3v) is 5.26. The number of ether oxygens (including phenoxy) is 2. The van der Waals surface area contributed by atoms with Crippen LogP contribution in [0.5, 0.6) is 11.5 Å². The second-order valence-electron chi connectivity index (χ2n) is 6.00. The third kappa shape index (κ3) is 3.43. The van der Waals surface area contributed by atoms with Crippen molar-refractivity contribution in [2.45, 2.75) is 19.4 Å². The number of carbonyl (C=O) groups is 1. The van der Waals surface area contributed by atoms with Gasteiger partial charge in [-0.15, -0.1) is 0 Å². The Morgan fingerprint density at radius 2 is 1.92 bits per heavy atom. The van der Waals surface area contributed by atoms with E-state index in [2.05, 4.69) is 5.32 Å². The first-order valence-electron chi connectivity index (χ1n) is 8.49. The number of benzene rings is 2. The Labute approximate surface area is 154 Å². The normalized spacial score (nSPS) is 12.9. The maximum absolute atomic E-state index is 12.3. The van der Waals surface area contributed by atoms with Gasteiger partial charge in [0.15, 0.2) is 11.5 Å². The number of amides is 1. The summed E-state index contributed by atoms with van der Waals surface area (Å²) in [6, 6.07) is 12.9. The van der Waals surface area contributed by atoms with Crippen LogP contribution in [0.2, 0.25) is 0 Å². The van der Waals surface area contributed by atoms with E-state index < -0.39 is 0 Å². The maximum Gasteiger partial charge on any atom is 0.268 e. The van der Waals surface area contributed by atoms with Crippen LogP contribution in [0.4, 0.5) is 5.69 Å². The number of anilines is 1. The molecule has 0 fully saturated rings. The molecule has 1 aromatic heterocycles. The van der Waals surface area contributed by atoms with Crippen LogP contribution in [0.1, 0.15) is 12.8 Å². The highest BCUT2D eigenvalue weighted by Gasteiger charge is 2.13. The van der Waals surface area contributed by atoms with Gasteiger partial charge in [-0.05, 0) is 30.7 Å². The fraction of sp³-hybridized carbons (Fsp3) is 0.263. The summed E-state index contributed by atoms with van der Waals surface area (Å²) < 4.78 is 13.7. The molecule has 0 atom stereocenters. The van der Waals surface area contributed by atoms with E-state index in [1.807, 2.05) is 24.3 Å². The van der Waals surface area contributed by atoms with Crippen molar-refractivity contribution in [3.63, 3.8) is 0 Å². The number of carbonyl (C=O) groups excluding carboxylic acids is 1. The average Bonchev–Trinajstić information content (AvgIpc) is 2.98. The van der Waals surface area contributed by atoms with Gasteiger partial charge in [0.1, 0.15) is 13.2 Å². The number of rotatable bonds is 5. The zero-order valence-electron chi connectivity index (χ0n) is 14.1. The van der Waals surface area contributed by atoms with E-state index in [9.17, 15) is 9.59 Å². The van der Waals surface area contributed by atoms with E-state index in [1.165, 1.54) is 11.5 Å². The quantitative estimate of drug-likeness (QED) is 0.748. The molecule has 26 heavy (non-hydrogen) atoms. The van der Waals surface area contributed by atoms with Crippen molar-refractivity contribution in [2.75, 3.05) is 18.5 Å². The summed E-state index contributed by atoms with van der Waals surface area (Å²) in [5, 5.41) is 3.60. The van der Waals surface area contributed by atoms with Gasteiger partial charge in [0.05, 0.1) is 10.1 Å². The summed E-state index contributed by atoms with van der Waals surface area (Å²) in [4.78, 5) is 24.4. The molecule has 1 amide bonds. The fourth-order valence-electron chi connectivity index (χ4n) is 2.89. The van der Waals surface area contributed by atoms with Gasteiger partial charge in [-0.1, -0.05) is 23.7 Å². The Hall–Kier alpha value is -2.80. The first-order chi connectivity index (χ1) is 12.7. The van der Waals surface area contributed by atoms with Gasteiger partial charge in [0, 0.05) is 24.7 Å². The fourth-order valence-corrected chi connectivity index (χ4v) is 3.92. The topological polar surface area (TPSA) is 69.6 Å². The zero-order chi connectivity index (χ0) is 17.9. The molecular weight excluding hydrogens is 352 g/mol. The third-order valence-electron chi connectivity index (χ3n) is 4.14. The molecule has 0 saturated carbocycles. The summed E-state index contributed by atoms with van der Waals surface area (Å²) in [6.45, 7) is 1.58. The van der Waals surface area contributed by atoms with Crippen molar-refractivity contribution in [1.82, 2.24) is 3.96 Å². The Kier molecular flexibility index (Phi) is 4.62. The molecule has 2 heterocycles. The van der Waals surface area contributed by atoms with Crippen molar-refractivity contribution in [3.05, 3.63) is 52.8 Å². The highest BCUT2D eigenvalue weighted by atomic mass is 32.1. The van der Waals surface area contributed by atoms with Crippen LogP contribution in [0, 0.1) is 0 Å². The molecule has 4 rings (SSSR count). The number of fused-ring (bicyclic) bond motifs is 2. The minimum Gasteiger partial charge on any atom is -0.486 e. The van der Waals surface area contributed by atoms with Gasteiger partial charge in [0.2, 0.25) is 5.91 Å². The van der Waals surface area contributed by atoms with Gasteiger partial charge >= 0.3 is 0 Å². The van der Waals surface area contributed by atoms with E-state index in [0.29, 0.717) is 49.8 Å². The van der Waals surface area contributed by atoms with Crippen LogP contribution in [0.15, 0.2) is 47.3 Å². The van der Waals surface area contributed by atoms with E-state index in [4.69, 9.17) is 9.47 Å². The van der Waals surface area contributed by atoms with Crippen molar-refractivity contribution in [3.8, 4) is 11.5 Å². The summed E-state index contributed by atoms with van der Waals surface area (Å²) in [5.74, 6) is 1.25. The molecule has 6 nitrogen and oxygen atoms in total. The monoisotopic (exact) mass is 370 g/mol. The van der Waals surface area contributed by atoms with Crippen LogP contribution in [0.25, 0.3) is 10.1 Å². The SMILES string of the molecule is O=C(CCCn1sc2ccccc2c1=O)Nc1ccc2c(c1)OCCO2. The standard InChI is InChI=1S/C19H18N2O4S/c22-18(20-13-7-8-15-16(12-13)25-11-10-24-15)6-3-9-21-19(23)14-4-1-2-5-17(14)26-21/h1-2,4-5,7-8,12H,3,6,9-11H2,(H,20,22). The minimum atomic E-state index is -0.0872. The molecule has 1 N–H and O–H groups in total. The molecule has 0 radical (unpaired) electrons. The first-order valence-corrected chi connectivity index (χ1v) is 9.26. The van der Waals surface area contributed by atoms with E-state index >= 15 is 0 Å². The highest BCUT2D eigenvalue weighted by molar-refractivity contribution is 7.13. The summed E-state index contributed by atoms with van der Waals surface area (Å²) in [6.07, 6.45) is 0.943. The molecule has 3 aromatic rings. The molecule has 0 saturated heterocycles. The molecule has 1 aliphatic heterocycles. The van der Waals surface area contributed by atoms with E-state index in [0.717, 1.165) is 10.1 Å². The molecule has 0 unspecified atom stereocenters. The highest BCUT2D eigenvalue weighted by Crippen LogP contribution is 2.32. The summed E-state index contributed by atoms with van der Waals surface area (Å²) >= 11 is 1.44. The molecule has 1 aliphatic rings. The van der Waals surface area contributed by atoms with Crippen molar-refractivity contribution < 1.29 is 14.3 Å². The smallest absolute Gasteiger partial charge is 0.268 e. The molecule has 0 bridgehead atoms. The average molecular weight is 370 g/mol. The second-order valence-corrected chi connectivity index (χ2v) is 7.07. The first kappa shape index (κ1) is 16.7. The maximum atomic E-state index is 12.3. The molecule has 2 aromatic carbocycles.